The van der Waals surface area contributed by atoms with Crippen molar-refractivity contribution in [1.29, 1.82) is 0 Å². The van der Waals surface area contributed by atoms with Crippen molar-refractivity contribution in [3.05, 3.63) is 28.8 Å². The fourth-order valence-electron chi connectivity index (χ4n) is 2.11. The van der Waals surface area contributed by atoms with Gasteiger partial charge in [0.25, 0.3) is 5.91 Å². The Balaban J connectivity index is 2.30. The van der Waals surface area contributed by atoms with Crippen LogP contribution in [0.2, 0.25) is 5.02 Å². The van der Waals surface area contributed by atoms with Crippen LogP contribution in [0.5, 0.6) is 0 Å². The molecule has 0 spiro atoms. The Bertz CT molecular complexity index is 698. The lowest BCUT2D eigenvalue weighted by Crippen LogP contribution is -2.28. The topological polar surface area (TPSA) is 107 Å². The first-order valence-corrected chi connectivity index (χ1v) is 8.39. The van der Waals surface area contributed by atoms with E-state index in [0.717, 1.165) is 18.9 Å². The van der Waals surface area contributed by atoms with Crippen molar-refractivity contribution >= 4 is 33.5 Å². The third-order valence-corrected chi connectivity index (χ3v) is 5.43. The van der Waals surface area contributed by atoms with Crippen LogP contribution in [0, 0.1) is 0 Å². The summed E-state index contributed by atoms with van der Waals surface area (Å²) < 4.78 is 30.9. The molecule has 0 aromatic heterocycles. The number of amides is 1. The van der Waals surface area contributed by atoms with Crippen molar-refractivity contribution in [2.75, 3.05) is 19.7 Å². The molecule has 1 aliphatic heterocycles. The number of carbonyl (C=O) groups is 2. The van der Waals surface area contributed by atoms with Gasteiger partial charge in [0, 0.05) is 13.1 Å². The predicted octanol–water partition coefficient (Wildman–Crippen LogP) is 0.767. The minimum Gasteiger partial charge on any atom is -0.452 e. The number of ether oxygens (including phenoxy) is 1. The van der Waals surface area contributed by atoms with Crippen molar-refractivity contribution in [3.63, 3.8) is 0 Å². The van der Waals surface area contributed by atoms with E-state index in [1.807, 2.05) is 0 Å². The van der Waals surface area contributed by atoms with Gasteiger partial charge in [-0.05, 0) is 31.0 Å². The molecule has 0 atom stereocenters. The Kier molecular flexibility index (Phi) is 5.05. The lowest BCUT2D eigenvalue weighted by molar-refractivity contribution is -0.121. The lowest BCUT2D eigenvalue weighted by atomic mass is 10.2. The summed E-state index contributed by atoms with van der Waals surface area (Å²) in [5.41, 5.74) is 4.77. The van der Waals surface area contributed by atoms with Crippen molar-refractivity contribution in [1.82, 2.24) is 4.31 Å². The molecule has 1 aromatic carbocycles. The zero-order valence-corrected chi connectivity index (χ0v) is 13.2. The van der Waals surface area contributed by atoms with Crippen LogP contribution in [0.3, 0.4) is 0 Å². The summed E-state index contributed by atoms with van der Waals surface area (Å²) in [6, 6.07) is 3.80. The molecule has 0 radical (unpaired) electrons. The Morgan fingerprint density at radius 1 is 1.27 bits per heavy atom. The van der Waals surface area contributed by atoms with E-state index in [4.69, 9.17) is 17.3 Å². The van der Waals surface area contributed by atoms with Crippen LogP contribution in [-0.2, 0) is 19.6 Å². The second kappa shape index (κ2) is 6.64. The largest absolute Gasteiger partial charge is 0.452 e. The Labute approximate surface area is 133 Å². The fraction of sp³-hybridized carbons (Fsp3) is 0.385. The molecule has 2 N–H and O–H groups in total. The van der Waals surface area contributed by atoms with Gasteiger partial charge in [-0.25, -0.2) is 13.2 Å². The van der Waals surface area contributed by atoms with Gasteiger partial charge in [0.15, 0.2) is 6.61 Å². The first-order valence-electron chi connectivity index (χ1n) is 6.57. The summed E-state index contributed by atoms with van der Waals surface area (Å²) in [5.74, 6) is -1.72. The fourth-order valence-corrected chi connectivity index (χ4v) is 3.85. The third kappa shape index (κ3) is 3.57. The lowest BCUT2D eigenvalue weighted by Gasteiger charge is -2.16. The zero-order chi connectivity index (χ0) is 16.3. The van der Waals surface area contributed by atoms with Crippen LogP contribution in [0.1, 0.15) is 23.2 Å². The highest BCUT2D eigenvalue weighted by atomic mass is 35.5. The minimum absolute atomic E-state index is 0.0369. The van der Waals surface area contributed by atoms with Gasteiger partial charge in [-0.15, -0.1) is 0 Å². The molecule has 2 rings (SSSR count). The number of nitrogens with zero attached hydrogens (tertiary/aromatic N) is 1. The number of benzene rings is 1. The van der Waals surface area contributed by atoms with Crippen LogP contribution in [0.25, 0.3) is 0 Å². The zero-order valence-electron chi connectivity index (χ0n) is 11.6. The third-order valence-electron chi connectivity index (χ3n) is 3.21. The van der Waals surface area contributed by atoms with E-state index in [0.29, 0.717) is 13.1 Å². The molecule has 1 aliphatic rings. The molecule has 9 heteroatoms. The normalized spacial score (nSPS) is 15.7. The first-order chi connectivity index (χ1) is 10.3. The molecule has 1 heterocycles. The van der Waals surface area contributed by atoms with Crippen LogP contribution in [-0.4, -0.2) is 44.3 Å². The van der Waals surface area contributed by atoms with E-state index in [1.54, 1.807) is 0 Å². The molecule has 0 bridgehead atoms. The quantitative estimate of drug-likeness (QED) is 0.792. The van der Waals surface area contributed by atoms with Gasteiger partial charge in [0.1, 0.15) is 0 Å². The van der Waals surface area contributed by atoms with E-state index >= 15 is 0 Å². The van der Waals surface area contributed by atoms with E-state index in [9.17, 15) is 18.0 Å². The van der Waals surface area contributed by atoms with Gasteiger partial charge in [-0.1, -0.05) is 11.6 Å². The molecule has 0 aliphatic carbocycles. The summed E-state index contributed by atoms with van der Waals surface area (Å²) in [7, 11) is -3.67. The second-order valence-corrected chi connectivity index (χ2v) is 7.14. The van der Waals surface area contributed by atoms with Crippen molar-refractivity contribution in [2.45, 2.75) is 17.7 Å². The highest BCUT2D eigenvalue weighted by Gasteiger charge is 2.28. The molecule has 120 valence electrons. The maximum atomic E-state index is 12.4. The highest BCUT2D eigenvalue weighted by Crippen LogP contribution is 2.25. The summed E-state index contributed by atoms with van der Waals surface area (Å²) in [6.45, 7) is 0.303. The number of sulfonamides is 1. The molecular formula is C13H15ClN2O5S. The average Bonchev–Trinajstić information content (AvgIpc) is 2.99. The van der Waals surface area contributed by atoms with E-state index in [-0.39, 0.29) is 15.5 Å². The Hall–Kier alpha value is -1.64. The van der Waals surface area contributed by atoms with Crippen LogP contribution in [0.4, 0.5) is 0 Å². The van der Waals surface area contributed by atoms with Crippen LogP contribution >= 0.6 is 11.6 Å². The number of halogens is 1. The summed E-state index contributed by atoms with van der Waals surface area (Å²) in [4.78, 5) is 22.4. The van der Waals surface area contributed by atoms with Crippen LogP contribution in [0.15, 0.2) is 23.1 Å². The number of carbonyl (C=O) groups excluding carboxylic acids is 2. The van der Waals surface area contributed by atoms with Gasteiger partial charge < -0.3 is 10.5 Å². The van der Waals surface area contributed by atoms with Gasteiger partial charge in [-0.2, -0.15) is 4.31 Å². The van der Waals surface area contributed by atoms with Gasteiger partial charge >= 0.3 is 5.97 Å². The molecule has 1 amide bonds. The molecule has 7 nitrogen and oxygen atoms in total. The monoisotopic (exact) mass is 346 g/mol. The maximum Gasteiger partial charge on any atom is 0.340 e. The molecule has 1 fully saturated rings. The maximum absolute atomic E-state index is 12.4. The van der Waals surface area contributed by atoms with E-state index < -0.39 is 28.5 Å². The molecule has 0 saturated carbocycles. The molecule has 1 saturated heterocycles. The summed E-state index contributed by atoms with van der Waals surface area (Å²) >= 11 is 5.89. The Morgan fingerprint density at radius 2 is 1.91 bits per heavy atom. The number of hydrogen-bond acceptors (Lipinski definition) is 5. The number of esters is 1. The van der Waals surface area contributed by atoms with Crippen LogP contribution < -0.4 is 5.73 Å². The van der Waals surface area contributed by atoms with E-state index in [2.05, 4.69) is 4.74 Å². The number of primary amides is 1. The summed E-state index contributed by atoms with van der Waals surface area (Å²) in [5, 5.41) is 0.0369. The van der Waals surface area contributed by atoms with E-state index in [1.165, 1.54) is 16.4 Å². The SMILES string of the molecule is NC(=O)COC(=O)c1cc(S(=O)(=O)N2CCCC2)ccc1Cl. The smallest absolute Gasteiger partial charge is 0.340 e. The number of rotatable bonds is 5. The first kappa shape index (κ1) is 16.7. The highest BCUT2D eigenvalue weighted by molar-refractivity contribution is 7.89. The molecular weight excluding hydrogens is 332 g/mol. The van der Waals surface area contributed by atoms with Gasteiger partial charge in [-0.3, -0.25) is 4.79 Å². The average molecular weight is 347 g/mol. The van der Waals surface area contributed by atoms with Crippen molar-refractivity contribution in [3.8, 4) is 0 Å². The van der Waals surface area contributed by atoms with Crippen molar-refractivity contribution < 1.29 is 22.7 Å². The number of hydrogen-bond donors (Lipinski definition) is 1. The van der Waals surface area contributed by atoms with Crippen molar-refractivity contribution in [2.24, 2.45) is 5.73 Å². The predicted molar refractivity (Wildman–Crippen MR) is 78.9 cm³/mol. The number of nitrogens with two attached hydrogens (primary N) is 1. The molecule has 1 aromatic rings. The minimum atomic E-state index is -3.67. The second-order valence-electron chi connectivity index (χ2n) is 4.80. The molecule has 22 heavy (non-hydrogen) atoms. The Morgan fingerprint density at radius 3 is 2.50 bits per heavy atom. The molecule has 0 unspecified atom stereocenters. The van der Waals surface area contributed by atoms with Gasteiger partial charge in [0.05, 0.1) is 15.5 Å². The summed E-state index contributed by atoms with van der Waals surface area (Å²) in [6.07, 6.45) is 1.61. The van der Waals surface area contributed by atoms with Gasteiger partial charge in [0.2, 0.25) is 10.0 Å². The standard InChI is InChI=1S/C13H15ClN2O5S/c14-11-4-3-9(22(19,20)16-5-1-2-6-16)7-10(11)13(18)21-8-12(15)17/h3-4,7H,1-2,5-6,8H2,(H2,15,17).